The Hall–Kier alpha value is -1.07. The Morgan fingerprint density at radius 2 is 1.95 bits per heavy atom. The summed E-state index contributed by atoms with van der Waals surface area (Å²) in [6.07, 6.45) is 0.787. The lowest BCUT2D eigenvalue weighted by atomic mass is 10.0. The summed E-state index contributed by atoms with van der Waals surface area (Å²) in [6.45, 7) is 7.89. The van der Waals surface area contributed by atoms with E-state index in [0.717, 1.165) is 17.7 Å². The molecule has 1 unspecified atom stereocenters. The Morgan fingerprint density at radius 1 is 1.30 bits per heavy atom. The molecule has 0 spiro atoms. The van der Waals surface area contributed by atoms with Gasteiger partial charge in [0, 0.05) is 12.6 Å². The Morgan fingerprint density at radius 3 is 2.50 bits per heavy atom. The first-order valence-corrected chi connectivity index (χ1v) is 8.45. The Balaban J connectivity index is 2.41. The van der Waals surface area contributed by atoms with Crippen LogP contribution in [0.2, 0.25) is 0 Å². The molecule has 1 aromatic rings. The zero-order chi connectivity index (χ0) is 15.1. The molecule has 112 valence electrons. The molecular weight excluding hydrogens is 272 g/mol. The number of sulfonamides is 1. The summed E-state index contributed by atoms with van der Waals surface area (Å²) in [5.41, 5.74) is 3.16. The monoisotopic (exact) mass is 296 g/mol. The number of nitrogens with zero attached hydrogens (tertiary/aromatic N) is 1. The fourth-order valence-corrected chi connectivity index (χ4v) is 3.84. The number of nitrogens with one attached hydrogen (secondary N) is 1. The molecule has 0 saturated heterocycles. The van der Waals surface area contributed by atoms with Crippen molar-refractivity contribution in [2.75, 3.05) is 17.9 Å². The number of anilines is 1. The van der Waals surface area contributed by atoms with E-state index < -0.39 is 14.8 Å². The molecule has 0 fully saturated rings. The molecular formula is C15H24N2O2S. The molecule has 1 aliphatic heterocycles. The molecule has 0 aliphatic carbocycles. The standard InChI is InChI=1S/C15H24N2O2S/c1-11(16-5)12-6-7-14-13(10-12)8-9-17(14)20(18,19)15(2,3)4/h6-7,10-11,16H,8-9H2,1-5H3. The molecule has 5 heteroatoms. The average molecular weight is 296 g/mol. The fraction of sp³-hybridized carbons (Fsp3) is 0.600. The largest absolute Gasteiger partial charge is 0.313 e. The zero-order valence-corrected chi connectivity index (χ0v) is 13.7. The maximum Gasteiger partial charge on any atom is 0.240 e. The number of hydrogen-bond donors (Lipinski definition) is 1. The molecule has 0 radical (unpaired) electrons. The molecule has 0 saturated carbocycles. The lowest BCUT2D eigenvalue weighted by Gasteiger charge is -2.28. The van der Waals surface area contributed by atoms with Crippen molar-refractivity contribution in [2.45, 2.75) is 44.9 Å². The topological polar surface area (TPSA) is 49.4 Å². The van der Waals surface area contributed by atoms with E-state index in [1.807, 2.05) is 19.2 Å². The number of benzene rings is 1. The predicted molar refractivity (Wildman–Crippen MR) is 83.6 cm³/mol. The van der Waals surface area contributed by atoms with Gasteiger partial charge in [0.25, 0.3) is 0 Å². The van der Waals surface area contributed by atoms with Crippen molar-refractivity contribution in [3.05, 3.63) is 29.3 Å². The summed E-state index contributed by atoms with van der Waals surface area (Å²) >= 11 is 0. The molecule has 4 nitrogen and oxygen atoms in total. The van der Waals surface area contributed by atoms with Crippen LogP contribution in [0.15, 0.2) is 18.2 Å². The second-order valence-corrected chi connectivity index (χ2v) is 8.95. The molecule has 1 atom stereocenters. The number of hydrogen-bond acceptors (Lipinski definition) is 3. The minimum atomic E-state index is -3.31. The van der Waals surface area contributed by atoms with Crippen LogP contribution in [0.25, 0.3) is 0 Å². The lowest BCUT2D eigenvalue weighted by molar-refractivity contribution is 0.556. The van der Waals surface area contributed by atoms with E-state index in [1.165, 1.54) is 5.56 Å². The van der Waals surface area contributed by atoms with Gasteiger partial charge in [-0.1, -0.05) is 12.1 Å². The summed E-state index contributed by atoms with van der Waals surface area (Å²) in [5, 5.41) is 3.21. The van der Waals surface area contributed by atoms with Gasteiger partial charge < -0.3 is 5.32 Å². The van der Waals surface area contributed by atoms with Gasteiger partial charge in [-0.25, -0.2) is 8.42 Å². The van der Waals surface area contributed by atoms with Gasteiger partial charge in [-0.15, -0.1) is 0 Å². The summed E-state index contributed by atoms with van der Waals surface area (Å²) in [7, 11) is -1.39. The van der Waals surface area contributed by atoms with E-state index in [2.05, 4.69) is 18.3 Å². The van der Waals surface area contributed by atoms with E-state index >= 15 is 0 Å². The molecule has 0 bridgehead atoms. The van der Waals surface area contributed by atoms with Gasteiger partial charge in [0.1, 0.15) is 0 Å². The van der Waals surface area contributed by atoms with Crippen LogP contribution in [0, 0.1) is 0 Å². The van der Waals surface area contributed by atoms with Crippen molar-refractivity contribution in [3.63, 3.8) is 0 Å². The molecule has 20 heavy (non-hydrogen) atoms. The first-order valence-electron chi connectivity index (χ1n) is 7.01. The molecule has 0 amide bonds. The van der Waals surface area contributed by atoms with Crippen molar-refractivity contribution in [3.8, 4) is 0 Å². The molecule has 1 heterocycles. The summed E-state index contributed by atoms with van der Waals surface area (Å²) < 4.78 is 26.0. The third-order valence-corrected chi connectivity index (χ3v) is 6.46. The number of fused-ring (bicyclic) bond motifs is 1. The normalized spacial score (nSPS) is 17.1. The van der Waals surface area contributed by atoms with Gasteiger partial charge in [-0.3, -0.25) is 4.31 Å². The molecule has 2 rings (SSSR count). The van der Waals surface area contributed by atoms with E-state index in [-0.39, 0.29) is 6.04 Å². The van der Waals surface area contributed by atoms with Crippen molar-refractivity contribution >= 4 is 15.7 Å². The van der Waals surface area contributed by atoms with Crippen molar-refractivity contribution in [1.82, 2.24) is 5.32 Å². The average Bonchev–Trinajstić information content (AvgIpc) is 2.79. The van der Waals surface area contributed by atoms with E-state index in [4.69, 9.17) is 0 Å². The molecule has 1 aliphatic rings. The summed E-state index contributed by atoms with van der Waals surface area (Å²) in [6, 6.07) is 6.34. The molecule has 1 N–H and O–H groups in total. The Bertz CT molecular complexity index is 603. The zero-order valence-electron chi connectivity index (χ0n) is 12.9. The van der Waals surface area contributed by atoms with Crippen LogP contribution in [0.1, 0.15) is 44.9 Å². The highest BCUT2D eigenvalue weighted by Crippen LogP contribution is 2.35. The van der Waals surface area contributed by atoms with Crippen molar-refractivity contribution < 1.29 is 8.42 Å². The van der Waals surface area contributed by atoms with Crippen LogP contribution in [0.4, 0.5) is 5.69 Å². The van der Waals surface area contributed by atoms with Gasteiger partial charge in [-0.2, -0.15) is 0 Å². The van der Waals surface area contributed by atoms with Gasteiger partial charge in [0.2, 0.25) is 10.0 Å². The van der Waals surface area contributed by atoms with Gasteiger partial charge in [0.05, 0.1) is 10.4 Å². The minimum absolute atomic E-state index is 0.272. The highest BCUT2D eigenvalue weighted by Gasteiger charge is 2.38. The SMILES string of the molecule is CNC(C)c1ccc2c(c1)CCN2S(=O)(=O)C(C)(C)C. The van der Waals surface area contributed by atoms with Crippen molar-refractivity contribution in [1.29, 1.82) is 0 Å². The summed E-state index contributed by atoms with van der Waals surface area (Å²) in [4.78, 5) is 0. The lowest BCUT2D eigenvalue weighted by Crippen LogP contribution is -2.42. The fourth-order valence-electron chi connectivity index (χ4n) is 2.41. The smallest absolute Gasteiger partial charge is 0.240 e. The third-order valence-electron chi connectivity index (χ3n) is 3.95. The Labute approximate surface area is 122 Å². The van der Waals surface area contributed by atoms with E-state index in [1.54, 1.807) is 25.1 Å². The second kappa shape index (κ2) is 5.04. The second-order valence-electron chi connectivity index (χ2n) is 6.34. The van der Waals surface area contributed by atoms with Crippen LogP contribution in [-0.4, -0.2) is 26.8 Å². The quantitative estimate of drug-likeness (QED) is 0.932. The van der Waals surface area contributed by atoms with Gasteiger partial charge in [0.15, 0.2) is 0 Å². The minimum Gasteiger partial charge on any atom is -0.313 e. The van der Waals surface area contributed by atoms with Gasteiger partial charge >= 0.3 is 0 Å². The summed E-state index contributed by atoms with van der Waals surface area (Å²) in [5.74, 6) is 0. The van der Waals surface area contributed by atoms with Gasteiger partial charge in [-0.05, 0) is 58.4 Å². The van der Waals surface area contributed by atoms with Crippen LogP contribution < -0.4 is 9.62 Å². The van der Waals surface area contributed by atoms with E-state index in [0.29, 0.717) is 6.54 Å². The maximum absolute atomic E-state index is 12.6. The Kier molecular flexibility index (Phi) is 3.86. The first-order chi connectivity index (χ1) is 9.18. The number of rotatable bonds is 3. The van der Waals surface area contributed by atoms with E-state index in [9.17, 15) is 8.42 Å². The van der Waals surface area contributed by atoms with Crippen LogP contribution >= 0.6 is 0 Å². The highest BCUT2D eigenvalue weighted by molar-refractivity contribution is 7.94. The first kappa shape index (κ1) is 15.3. The highest BCUT2D eigenvalue weighted by atomic mass is 32.2. The maximum atomic E-state index is 12.6. The van der Waals surface area contributed by atoms with Crippen LogP contribution in [-0.2, 0) is 16.4 Å². The van der Waals surface area contributed by atoms with Crippen LogP contribution in [0.3, 0.4) is 0 Å². The molecule has 0 aromatic heterocycles. The molecule has 1 aromatic carbocycles. The van der Waals surface area contributed by atoms with Crippen LogP contribution in [0.5, 0.6) is 0 Å². The third kappa shape index (κ3) is 2.44. The predicted octanol–water partition coefficient (Wildman–Crippen LogP) is 2.46. The van der Waals surface area contributed by atoms with Crippen molar-refractivity contribution in [2.24, 2.45) is 0 Å².